The minimum Gasteiger partial charge on any atom is -0.459 e. The van der Waals surface area contributed by atoms with Crippen LogP contribution in [0.4, 0.5) is 4.39 Å². The maximum absolute atomic E-state index is 12.9. The van der Waals surface area contributed by atoms with Crippen LogP contribution in [-0.2, 0) is 0 Å². The summed E-state index contributed by atoms with van der Waals surface area (Å²) in [5.41, 5.74) is 7.60. The highest BCUT2D eigenvalue weighted by molar-refractivity contribution is 6.35. The van der Waals surface area contributed by atoms with Gasteiger partial charge in [0.15, 0.2) is 0 Å². The molecular formula is C15H11ClFNO. The number of hydrogen-bond acceptors (Lipinski definition) is 2. The molecule has 0 aliphatic rings. The highest BCUT2D eigenvalue weighted by Crippen LogP contribution is 2.30. The van der Waals surface area contributed by atoms with Gasteiger partial charge in [0.1, 0.15) is 17.2 Å². The topological polar surface area (TPSA) is 39.2 Å². The Labute approximate surface area is 114 Å². The number of benzene rings is 2. The van der Waals surface area contributed by atoms with E-state index in [0.717, 1.165) is 10.9 Å². The molecule has 96 valence electrons. The quantitative estimate of drug-likeness (QED) is 0.758. The SMILES string of the molecule is NC(c1ccc(F)cc1)c1cc2c(Cl)cccc2o1. The smallest absolute Gasteiger partial charge is 0.135 e. The highest BCUT2D eigenvalue weighted by atomic mass is 35.5. The van der Waals surface area contributed by atoms with Gasteiger partial charge in [-0.25, -0.2) is 4.39 Å². The van der Waals surface area contributed by atoms with Crippen LogP contribution in [0.5, 0.6) is 0 Å². The molecule has 0 saturated heterocycles. The molecule has 4 heteroatoms. The summed E-state index contributed by atoms with van der Waals surface area (Å²) in [4.78, 5) is 0. The van der Waals surface area contributed by atoms with Crippen molar-refractivity contribution in [3.8, 4) is 0 Å². The van der Waals surface area contributed by atoms with Gasteiger partial charge in [-0.2, -0.15) is 0 Å². The van der Waals surface area contributed by atoms with Gasteiger partial charge in [0.2, 0.25) is 0 Å². The van der Waals surface area contributed by atoms with E-state index in [0.29, 0.717) is 16.4 Å². The average molecular weight is 276 g/mol. The highest BCUT2D eigenvalue weighted by Gasteiger charge is 2.15. The molecule has 1 atom stereocenters. The first-order valence-electron chi connectivity index (χ1n) is 5.84. The van der Waals surface area contributed by atoms with Crippen molar-refractivity contribution >= 4 is 22.6 Å². The van der Waals surface area contributed by atoms with Gasteiger partial charge in [-0.1, -0.05) is 29.8 Å². The summed E-state index contributed by atoms with van der Waals surface area (Å²) >= 11 is 6.09. The zero-order chi connectivity index (χ0) is 13.4. The first kappa shape index (κ1) is 12.2. The lowest BCUT2D eigenvalue weighted by Gasteiger charge is -2.08. The Hall–Kier alpha value is -1.84. The van der Waals surface area contributed by atoms with Gasteiger partial charge < -0.3 is 10.2 Å². The molecule has 0 bridgehead atoms. The molecule has 19 heavy (non-hydrogen) atoms. The van der Waals surface area contributed by atoms with E-state index in [-0.39, 0.29) is 5.82 Å². The number of halogens is 2. The third-order valence-electron chi connectivity index (χ3n) is 3.06. The van der Waals surface area contributed by atoms with Crippen molar-refractivity contribution in [1.82, 2.24) is 0 Å². The van der Waals surface area contributed by atoms with E-state index in [1.165, 1.54) is 12.1 Å². The molecule has 0 saturated carbocycles. The predicted molar refractivity (Wildman–Crippen MR) is 73.7 cm³/mol. The Balaban J connectivity index is 2.04. The van der Waals surface area contributed by atoms with Crippen molar-refractivity contribution in [3.63, 3.8) is 0 Å². The first-order chi connectivity index (χ1) is 9.15. The maximum atomic E-state index is 12.9. The number of fused-ring (bicyclic) bond motifs is 1. The third kappa shape index (κ3) is 2.23. The van der Waals surface area contributed by atoms with Gasteiger partial charge in [-0.15, -0.1) is 0 Å². The lowest BCUT2D eigenvalue weighted by Crippen LogP contribution is -2.10. The summed E-state index contributed by atoms with van der Waals surface area (Å²) in [5.74, 6) is 0.318. The fourth-order valence-electron chi connectivity index (χ4n) is 2.03. The molecule has 1 aromatic heterocycles. The Morgan fingerprint density at radius 1 is 1.11 bits per heavy atom. The molecule has 0 aliphatic carbocycles. The molecule has 0 aliphatic heterocycles. The standard InChI is InChI=1S/C15H11ClFNO/c16-12-2-1-3-13-11(12)8-14(19-13)15(18)9-4-6-10(17)7-5-9/h1-8,15H,18H2. The largest absolute Gasteiger partial charge is 0.459 e. The van der Waals surface area contributed by atoms with Gasteiger partial charge in [-0.3, -0.25) is 0 Å². The van der Waals surface area contributed by atoms with Crippen molar-refractivity contribution in [3.05, 3.63) is 70.7 Å². The van der Waals surface area contributed by atoms with Crippen LogP contribution in [-0.4, -0.2) is 0 Å². The van der Waals surface area contributed by atoms with Gasteiger partial charge in [0.05, 0.1) is 11.1 Å². The molecule has 3 aromatic rings. The Morgan fingerprint density at radius 3 is 2.53 bits per heavy atom. The second kappa shape index (κ2) is 4.68. The maximum Gasteiger partial charge on any atom is 0.135 e. The van der Waals surface area contributed by atoms with Crippen LogP contribution in [0.1, 0.15) is 17.4 Å². The fourth-order valence-corrected chi connectivity index (χ4v) is 2.25. The molecule has 2 N–H and O–H groups in total. The number of nitrogens with two attached hydrogens (primary N) is 1. The van der Waals surface area contributed by atoms with Crippen molar-refractivity contribution in [1.29, 1.82) is 0 Å². The molecule has 2 nitrogen and oxygen atoms in total. The van der Waals surface area contributed by atoms with E-state index in [4.69, 9.17) is 21.8 Å². The molecule has 1 heterocycles. The minimum atomic E-state index is -0.441. The van der Waals surface area contributed by atoms with Crippen LogP contribution < -0.4 is 5.73 Å². The molecule has 0 spiro atoms. The Bertz CT molecular complexity index is 721. The average Bonchev–Trinajstić information content (AvgIpc) is 2.84. The number of rotatable bonds is 2. The minimum absolute atomic E-state index is 0.288. The van der Waals surface area contributed by atoms with Gasteiger partial charge in [-0.05, 0) is 35.9 Å². The molecule has 1 unspecified atom stereocenters. The molecular weight excluding hydrogens is 265 g/mol. The summed E-state index contributed by atoms with van der Waals surface area (Å²) in [6.07, 6.45) is 0. The van der Waals surface area contributed by atoms with Gasteiger partial charge in [0, 0.05) is 5.39 Å². The lowest BCUT2D eigenvalue weighted by molar-refractivity contribution is 0.524. The molecule has 0 amide bonds. The van der Waals surface area contributed by atoms with E-state index in [1.54, 1.807) is 18.2 Å². The van der Waals surface area contributed by atoms with Crippen LogP contribution in [0.3, 0.4) is 0 Å². The van der Waals surface area contributed by atoms with Crippen LogP contribution in [0.25, 0.3) is 11.0 Å². The van der Waals surface area contributed by atoms with Crippen molar-refractivity contribution < 1.29 is 8.81 Å². The van der Waals surface area contributed by atoms with E-state index < -0.39 is 6.04 Å². The zero-order valence-electron chi connectivity index (χ0n) is 9.94. The summed E-state index contributed by atoms with van der Waals surface area (Å²) < 4.78 is 18.6. The normalized spacial score (nSPS) is 12.8. The monoisotopic (exact) mass is 275 g/mol. The molecule has 3 rings (SSSR count). The van der Waals surface area contributed by atoms with E-state index in [1.807, 2.05) is 18.2 Å². The van der Waals surface area contributed by atoms with Crippen LogP contribution >= 0.6 is 11.6 Å². The van der Waals surface area contributed by atoms with Crippen molar-refractivity contribution in [2.75, 3.05) is 0 Å². The van der Waals surface area contributed by atoms with Gasteiger partial charge in [0.25, 0.3) is 0 Å². The summed E-state index contributed by atoms with van der Waals surface area (Å²) in [7, 11) is 0. The second-order valence-corrected chi connectivity index (χ2v) is 4.74. The third-order valence-corrected chi connectivity index (χ3v) is 3.39. The van der Waals surface area contributed by atoms with E-state index >= 15 is 0 Å². The summed E-state index contributed by atoms with van der Waals surface area (Å²) in [6, 6.07) is 12.9. The first-order valence-corrected chi connectivity index (χ1v) is 6.22. The van der Waals surface area contributed by atoms with Crippen LogP contribution in [0.2, 0.25) is 5.02 Å². The zero-order valence-corrected chi connectivity index (χ0v) is 10.7. The van der Waals surface area contributed by atoms with Crippen LogP contribution in [0.15, 0.2) is 52.9 Å². The summed E-state index contributed by atoms with van der Waals surface area (Å²) in [6.45, 7) is 0. The van der Waals surface area contributed by atoms with E-state index in [2.05, 4.69) is 0 Å². The summed E-state index contributed by atoms with van der Waals surface area (Å²) in [5, 5.41) is 1.45. The van der Waals surface area contributed by atoms with Crippen LogP contribution in [0, 0.1) is 5.82 Å². The molecule has 0 fully saturated rings. The van der Waals surface area contributed by atoms with Crippen molar-refractivity contribution in [2.24, 2.45) is 5.73 Å². The van der Waals surface area contributed by atoms with Crippen molar-refractivity contribution in [2.45, 2.75) is 6.04 Å². The predicted octanol–water partition coefficient (Wildman–Crippen LogP) is 4.27. The van der Waals surface area contributed by atoms with E-state index in [9.17, 15) is 4.39 Å². The van der Waals surface area contributed by atoms with Gasteiger partial charge >= 0.3 is 0 Å². The molecule has 2 aromatic carbocycles. The number of hydrogen-bond donors (Lipinski definition) is 1. The lowest BCUT2D eigenvalue weighted by atomic mass is 10.1. The fraction of sp³-hybridized carbons (Fsp3) is 0.0667. The molecule has 0 radical (unpaired) electrons. The Morgan fingerprint density at radius 2 is 1.84 bits per heavy atom. The Kier molecular flexibility index (Phi) is 3.01. The number of furan rings is 1. The second-order valence-electron chi connectivity index (χ2n) is 4.33.